The fraction of sp³-hybridized carbons (Fsp3) is 0.560. The molecule has 2 aliphatic rings. The first-order chi connectivity index (χ1) is 17.0. The normalized spacial score (nSPS) is 16.9. The number of methoxy groups -OCH3 is 1. The zero-order valence-corrected chi connectivity index (χ0v) is 21.1. The second-order valence-electron chi connectivity index (χ2n) is 9.76. The maximum absolute atomic E-state index is 14.7. The van der Waals surface area contributed by atoms with Gasteiger partial charge >= 0.3 is 12.1 Å². The molecule has 0 bridgehead atoms. The average Bonchev–Trinajstić information content (AvgIpc) is 3.13. The molecule has 1 fully saturated rings. The summed E-state index contributed by atoms with van der Waals surface area (Å²) in [6.45, 7) is 6.43. The SMILES string of the molecule is COC(=O)C1=C(Nc2cccc(F)c2OCC2CCN(C(=O)OC(C)(C)C)CC2)C(=O)N(CCO)C1. The first kappa shape index (κ1) is 27.3. The number of aliphatic hydroxyl groups is 1. The van der Waals surface area contributed by atoms with E-state index in [0.717, 1.165) is 0 Å². The zero-order chi connectivity index (χ0) is 26.5. The van der Waals surface area contributed by atoms with E-state index in [1.165, 1.54) is 24.1 Å². The van der Waals surface area contributed by atoms with Crippen molar-refractivity contribution in [2.24, 2.45) is 5.92 Å². The number of para-hydroxylation sites is 1. The Morgan fingerprint density at radius 3 is 2.53 bits per heavy atom. The van der Waals surface area contributed by atoms with Gasteiger partial charge in [0.15, 0.2) is 11.6 Å². The average molecular weight is 508 g/mol. The van der Waals surface area contributed by atoms with Crippen molar-refractivity contribution < 1.29 is 38.1 Å². The molecule has 0 aromatic heterocycles. The molecule has 3 rings (SSSR count). The van der Waals surface area contributed by atoms with E-state index in [1.54, 1.807) is 11.0 Å². The maximum Gasteiger partial charge on any atom is 0.410 e. The van der Waals surface area contributed by atoms with Gasteiger partial charge in [0.25, 0.3) is 5.91 Å². The summed E-state index contributed by atoms with van der Waals surface area (Å²) in [6.07, 6.45) is 0.986. The zero-order valence-electron chi connectivity index (χ0n) is 21.1. The molecule has 10 nitrogen and oxygen atoms in total. The summed E-state index contributed by atoms with van der Waals surface area (Å²) in [7, 11) is 1.21. The minimum Gasteiger partial charge on any atom is -0.488 e. The molecule has 0 unspecified atom stereocenters. The van der Waals surface area contributed by atoms with Crippen LogP contribution in [0.3, 0.4) is 0 Å². The van der Waals surface area contributed by atoms with E-state index in [4.69, 9.17) is 14.2 Å². The summed E-state index contributed by atoms with van der Waals surface area (Å²) in [4.78, 5) is 40.3. The van der Waals surface area contributed by atoms with Crippen LogP contribution in [0.1, 0.15) is 33.6 Å². The van der Waals surface area contributed by atoms with Gasteiger partial charge in [-0.2, -0.15) is 0 Å². The van der Waals surface area contributed by atoms with Crippen molar-refractivity contribution in [1.29, 1.82) is 0 Å². The highest BCUT2D eigenvalue weighted by atomic mass is 19.1. The van der Waals surface area contributed by atoms with Gasteiger partial charge in [0.05, 0.1) is 38.1 Å². The van der Waals surface area contributed by atoms with Crippen LogP contribution in [0.25, 0.3) is 0 Å². The van der Waals surface area contributed by atoms with Crippen LogP contribution in [-0.2, 0) is 19.1 Å². The van der Waals surface area contributed by atoms with Gasteiger partial charge in [-0.05, 0) is 51.7 Å². The predicted octanol–water partition coefficient (Wildman–Crippen LogP) is 2.53. The Kier molecular flexibility index (Phi) is 8.78. The predicted molar refractivity (Wildman–Crippen MR) is 129 cm³/mol. The van der Waals surface area contributed by atoms with E-state index < -0.39 is 23.3 Å². The Labute approximate surface area is 210 Å². The number of halogens is 1. The van der Waals surface area contributed by atoms with Crippen molar-refractivity contribution in [1.82, 2.24) is 9.80 Å². The van der Waals surface area contributed by atoms with Gasteiger partial charge < -0.3 is 34.4 Å². The van der Waals surface area contributed by atoms with Crippen molar-refractivity contribution in [3.63, 3.8) is 0 Å². The van der Waals surface area contributed by atoms with Crippen molar-refractivity contribution in [3.05, 3.63) is 35.3 Å². The molecule has 2 N–H and O–H groups in total. The van der Waals surface area contributed by atoms with E-state index in [1.807, 2.05) is 20.8 Å². The van der Waals surface area contributed by atoms with Crippen LogP contribution in [0.4, 0.5) is 14.9 Å². The Bertz CT molecular complexity index is 1010. The number of nitrogens with one attached hydrogen (secondary N) is 1. The number of rotatable bonds is 8. The molecule has 2 amide bonds. The number of likely N-dealkylation sites (tertiary alicyclic amines) is 1. The highest BCUT2D eigenvalue weighted by Gasteiger charge is 2.35. The minimum atomic E-state index is -0.693. The highest BCUT2D eigenvalue weighted by molar-refractivity contribution is 6.08. The number of esters is 1. The summed E-state index contributed by atoms with van der Waals surface area (Å²) in [5.74, 6) is -1.80. The number of piperidine rings is 1. The highest BCUT2D eigenvalue weighted by Crippen LogP contribution is 2.32. The van der Waals surface area contributed by atoms with Crippen LogP contribution >= 0.6 is 0 Å². The summed E-state index contributed by atoms with van der Waals surface area (Å²) in [5.41, 5.74) is -0.335. The summed E-state index contributed by atoms with van der Waals surface area (Å²) < 4.78 is 30.8. The van der Waals surface area contributed by atoms with Gasteiger partial charge in [0, 0.05) is 19.6 Å². The molecule has 0 saturated carbocycles. The molecule has 2 heterocycles. The minimum absolute atomic E-state index is 0.0316. The number of ether oxygens (including phenoxy) is 3. The number of aliphatic hydroxyl groups excluding tert-OH is 1. The fourth-order valence-electron chi connectivity index (χ4n) is 4.05. The molecule has 198 valence electrons. The van der Waals surface area contributed by atoms with E-state index in [2.05, 4.69) is 5.32 Å². The largest absolute Gasteiger partial charge is 0.488 e. The van der Waals surface area contributed by atoms with Crippen LogP contribution < -0.4 is 10.1 Å². The first-order valence-electron chi connectivity index (χ1n) is 11.9. The van der Waals surface area contributed by atoms with Crippen LogP contribution in [0, 0.1) is 11.7 Å². The van der Waals surface area contributed by atoms with Gasteiger partial charge in [0.1, 0.15) is 11.3 Å². The lowest BCUT2D eigenvalue weighted by Crippen LogP contribution is -2.42. The molecule has 0 aliphatic carbocycles. The second kappa shape index (κ2) is 11.6. The molecule has 11 heteroatoms. The van der Waals surface area contributed by atoms with E-state index in [-0.39, 0.29) is 61.0 Å². The Morgan fingerprint density at radius 1 is 1.22 bits per heavy atom. The van der Waals surface area contributed by atoms with Crippen molar-refractivity contribution in [2.45, 2.75) is 39.2 Å². The number of hydrogen-bond acceptors (Lipinski definition) is 8. The summed E-state index contributed by atoms with van der Waals surface area (Å²) in [5, 5.41) is 12.1. The Morgan fingerprint density at radius 2 is 1.92 bits per heavy atom. The van der Waals surface area contributed by atoms with Gasteiger partial charge in [-0.25, -0.2) is 14.0 Å². The van der Waals surface area contributed by atoms with Crippen LogP contribution in [0.2, 0.25) is 0 Å². The molecule has 0 spiro atoms. The summed E-state index contributed by atoms with van der Waals surface area (Å²) in [6, 6.07) is 4.26. The molecule has 0 radical (unpaired) electrons. The molecular formula is C25H34FN3O7. The summed E-state index contributed by atoms with van der Waals surface area (Å²) >= 11 is 0. The third-order valence-electron chi connectivity index (χ3n) is 5.91. The van der Waals surface area contributed by atoms with E-state index in [9.17, 15) is 23.9 Å². The Hall–Kier alpha value is -3.34. The lowest BCUT2D eigenvalue weighted by Gasteiger charge is -2.33. The van der Waals surface area contributed by atoms with E-state index >= 15 is 0 Å². The van der Waals surface area contributed by atoms with Gasteiger partial charge in [-0.15, -0.1) is 0 Å². The second-order valence-corrected chi connectivity index (χ2v) is 9.76. The van der Waals surface area contributed by atoms with Gasteiger partial charge in [-0.1, -0.05) is 6.07 Å². The van der Waals surface area contributed by atoms with Gasteiger partial charge in [0.2, 0.25) is 0 Å². The molecule has 1 saturated heterocycles. The van der Waals surface area contributed by atoms with Crippen LogP contribution in [0.15, 0.2) is 29.5 Å². The molecule has 1 aromatic carbocycles. The number of nitrogens with zero attached hydrogens (tertiary/aromatic N) is 2. The number of β-amino-alcohol motifs (C(OH)–C–C–N with tert-alkyl or cyclic N) is 1. The fourth-order valence-corrected chi connectivity index (χ4v) is 4.05. The number of hydrogen-bond donors (Lipinski definition) is 2. The lowest BCUT2D eigenvalue weighted by molar-refractivity contribution is -0.136. The van der Waals surface area contributed by atoms with Crippen LogP contribution in [-0.4, -0.2) is 85.0 Å². The van der Waals surface area contributed by atoms with Crippen molar-refractivity contribution in [3.8, 4) is 5.75 Å². The third-order valence-corrected chi connectivity index (χ3v) is 5.91. The number of carbonyl (C=O) groups excluding carboxylic acids is 3. The molecule has 2 aliphatic heterocycles. The first-order valence-corrected chi connectivity index (χ1v) is 11.9. The van der Waals surface area contributed by atoms with Crippen molar-refractivity contribution in [2.75, 3.05) is 51.8 Å². The van der Waals surface area contributed by atoms with Crippen molar-refractivity contribution >= 4 is 23.7 Å². The maximum atomic E-state index is 14.7. The quantitative estimate of drug-likeness (QED) is 0.516. The number of carbonyl (C=O) groups is 3. The topological polar surface area (TPSA) is 118 Å². The smallest absolute Gasteiger partial charge is 0.410 e. The molecule has 1 aromatic rings. The number of anilines is 1. The number of benzene rings is 1. The van der Waals surface area contributed by atoms with Crippen LogP contribution in [0.5, 0.6) is 5.75 Å². The molecule has 36 heavy (non-hydrogen) atoms. The monoisotopic (exact) mass is 507 g/mol. The molecule has 0 atom stereocenters. The molecular weight excluding hydrogens is 473 g/mol. The van der Waals surface area contributed by atoms with Gasteiger partial charge in [-0.3, -0.25) is 4.79 Å². The van der Waals surface area contributed by atoms with E-state index in [0.29, 0.717) is 25.9 Å². The Balaban J connectivity index is 1.68. The number of amides is 2. The lowest BCUT2D eigenvalue weighted by atomic mass is 9.98. The third kappa shape index (κ3) is 6.66. The standard InChI is InChI=1S/C25H34FN3O7/c1-25(2,3)36-24(33)28-10-8-16(9-11-28)15-35-21-18(26)6-5-7-19(21)27-20-17(23(32)34-4)14-29(12-13-30)22(20)31/h5-7,16,27,30H,8-15H2,1-4H3.